The number of nitrogens with zero attached hydrogens (tertiary/aromatic N) is 4. The minimum atomic E-state index is -3.75. The van der Waals surface area contributed by atoms with Crippen LogP contribution in [0, 0.1) is 13.8 Å². The lowest BCUT2D eigenvalue weighted by molar-refractivity contribution is 0.251. The van der Waals surface area contributed by atoms with Crippen LogP contribution in [0.5, 0.6) is 0 Å². The first-order valence-electron chi connectivity index (χ1n) is 9.41. The third-order valence-electron chi connectivity index (χ3n) is 5.00. The van der Waals surface area contributed by atoms with Crippen LogP contribution in [0.25, 0.3) is 11.3 Å². The second-order valence-corrected chi connectivity index (χ2v) is 9.46. The highest BCUT2D eigenvalue weighted by atomic mass is 35.5. The molecule has 0 radical (unpaired) electrons. The fourth-order valence-corrected chi connectivity index (χ4v) is 5.61. The number of piperidine rings is 1. The molecule has 3 aromatic rings. The van der Waals surface area contributed by atoms with Crippen molar-refractivity contribution < 1.29 is 12.9 Å². The van der Waals surface area contributed by atoms with E-state index >= 15 is 0 Å². The summed E-state index contributed by atoms with van der Waals surface area (Å²) in [7, 11) is -3.75. The summed E-state index contributed by atoms with van der Waals surface area (Å²) in [5, 5.41) is 4.33. The number of halogens is 1. The lowest BCUT2D eigenvalue weighted by Crippen LogP contribution is -2.39. The number of aromatic nitrogens is 3. The quantitative estimate of drug-likeness (QED) is 0.610. The highest BCUT2D eigenvalue weighted by Crippen LogP contribution is 2.39. The van der Waals surface area contributed by atoms with Gasteiger partial charge in [0.15, 0.2) is 5.76 Å². The SMILES string of the molecule is Cc1cc(-c2cnc(C)nc2C2CCCCN2S(=O)(=O)c2cccc(Cl)c2)on1. The van der Waals surface area contributed by atoms with Crippen molar-refractivity contribution >= 4 is 21.6 Å². The predicted molar refractivity (Wildman–Crippen MR) is 109 cm³/mol. The smallest absolute Gasteiger partial charge is 0.243 e. The zero-order valence-electron chi connectivity index (χ0n) is 16.2. The van der Waals surface area contributed by atoms with E-state index < -0.39 is 16.1 Å². The molecule has 0 bridgehead atoms. The van der Waals surface area contributed by atoms with E-state index in [0.29, 0.717) is 40.8 Å². The van der Waals surface area contributed by atoms with Crippen LogP contribution < -0.4 is 0 Å². The summed E-state index contributed by atoms with van der Waals surface area (Å²) in [6, 6.07) is 7.73. The minimum Gasteiger partial charge on any atom is -0.356 e. The van der Waals surface area contributed by atoms with Crippen LogP contribution in [0.3, 0.4) is 0 Å². The Morgan fingerprint density at radius 3 is 2.76 bits per heavy atom. The van der Waals surface area contributed by atoms with Crippen molar-refractivity contribution in [3.63, 3.8) is 0 Å². The Balaban J connectivity index is 1.82. The Hall–Kier alpha value is -2.29. The van der Waals surface area contributed by atoms with Gasteiger partial charge in [-0.3, -0.25) is 0 Å². The molecule has 2 aromatic heterocycles. The summed E-state index contributed by atoms with van der Waals surface area (Å²) in [4.78, 5) is 9.10. The fraction of sp³-hybridized carbons (Fsp3) is 0.350. The Morgan fingerprint density at radius 2 is 2.03 bits per heavy atom. The van der Waals surface area contributed by atoms with Gasteiger partial charge in [0.05, 0.1) is 27.9 Å². The van der Waals surface area contributed by atoms with Crippen LogP contribution >= 0.6 is 11.6 Å². The molecule has 0 saturated carbocycles. The third-order valence-corrected chi connectivity index (χ3v) is 7.14. The number of rotatable bonds is 4. The van der Waals surface area contributed by atoms with Crippen LogP contribution in [0.15, 0.2) is 45.9 Å². The summed E-state index contributed by atoms with van der Waals surface area (Å²) in [5.74, 6) is 1.11. The molecule has 1 unspecified atom stereocenters. The molecule has 152 valence electrons. The maximum absolute atomic E-state index is 13.4. The van der Waals surface area contributed by atoms with Crippen LogP contribution in [-0.2, 0) is 10.0 Å². The fourth-order valence-electron chi connectivity index (χ4n) is 3.65. The van der Waals surface area contributed by atoms with E-state index in [2.05, 4.69) is 15.1 Å². The molecule has 1 aliphatic rings. The monoisotopic (exact) mass is 432 g/mol. The summed E-state index contributed by atoms with van der Waals surface area (Å²) in [6.45, 7) is 4.03. The van der Waals surface area contributed by atoms with Crippen molar-refractivity contribution in [2.75, 3.05) is 6.54 Å². The van der Waals surface area contributed by atoms with Gasteiger partial charge in [0, 0.05) is 23.8 Å². The van der Waals surface area contributed by atoms with E-state index in [1.807, 2.05) is 6.92 Å². The van der Waals surface area contributed by atoms with Gasteiger partial charge in [-0.15, -0.1) is 0 Å². The Morgan fingerprint density at radius 1 is 1.21 bits per heavy atom. The largest absolute Gasteiger partial charge is 0.356 e. The van der Waals surface area contributed by atoms with Crippen molar-refractivity contribution in [1.82, 2.24) is 19.4 Å². The van der Waals surface area contributed by atoms with Crippen molar-refractivity contribution in [3.8, 4) is 11.3 Å². The second-order valence-electron chi connectivity index (χ2n) is 7.13. The van der Waals surface area contributed by atoms with Crippen molar-refractivity contribution in [2.45, 2.75) is 44.0 Å². The summed E-state index contributed by atoms with van der Waals surface area (Å²) < 4.78 is 33.8. The standard InChI is InChI=1S/C20H21ClN4O3S/c1-13-10-19(28-24-13)17-12-22-14(2)23-20(17)18-8-3-4-9-25(18)29(26,27)16-7-5-6-15(21)11-16/h5-7,10-12,18H,3-4,8-9H2,1-2H3. The highest BCUT2D eigenvalue weighted by molar-refractivity contribution is 7.89. The third kappa shape index (κ3) is 3.92. The van der Waals surface area contributed by atoms with Gasteiger partial charge in [-0.2, -0.15) is 4.31 Å². The Kier molecular flexibility index (Phi) is 5.42. The lowest BCUT2D eigenvalue weighted by Gasteiger charge is -2.35. The molecule has 0 N–H and O–H groups in total. The Bertz CT molecular complexity index is 1150. The zero-order valence-corrected chi connectivity index (χ0v) is 17.7. The second kappa shape index (κ2) is 7.85. The number of benzene rings is 1. The molecule has 1 atom stereocenters. The minimum absolute atomic E-state index is 0.180. The molecule has 7 nitrogen and oxygen atoms in total. The van der Waals surface area contributed by atoms with Gasteiger partial charge in [0.1, 0.15) is 5.82 Å². The molecule has 0 amide bonds. The van der Waals surface area contributed by atoms with E-state index in [0.717, 1.165) is 18.5 Å². The van der Waals surface area contributed by atoms with E-state index in [4.69, 9.17) is 16.1 Å². The van der Waals surface area contributed by atoms with Gasteiger partial charge in [-0.25, -0.2) is 18.4 Å². The summed E-state index contributed by atoms with van der Waals surface area (Å²) in [6.07, 6.45) is 4.04. The molecule has 3 heterocycles. The molecular weight excluding hydrogens is 412 g/mol. The number of hydrogen-bond acceptors (Lipinski definition) is 6. The van der Waals surface area contributed by atoms with E-state index in [9.17, 15) is 8.42 Å². The predicted octanol–water partition coefficient (Wildman–Crippen LogP) is 4.32. The van der Waals surface area contributed by atoms with Crippen molar-refractivity contribution in [2.24, 2.45) is 0 Å². The molecule has 9 heteroatoms. The van der Waals surface area contributed by atoms with E-state index in [1.54, 1.807) is 37.4 Å². The van der Waals surface area contributed by atoms with Gasteiger partial charge < -0.3 is 4.52 Å². The number of aryl methyl sites for hydroxylation is 2. The van der Waals surface area contributed by atoms with Gasteiger partial charge >= 0.3 is 0 Å². The van der Waals surface area contributed by atoms with Crippen LogP contribution in [-0.4, -0.2) is 34.4 Å². The van der Waals surface area contributed by atoms with Crippen LogP contribution in [0.2, 0.25) is 5.02 Å². The summed E-state index contributed by atoms with van der Waals surface area (Å²) >= 11 is 6.05. The molecule has 29 heavy (non-hydrogen) atoms. The number of hydrogen-bond donors (Lipinski definition) is 0. The average molecular weight is 433 g/mol. The maximum atomic E-state index is 13.4. The van der Waals surface area contributed by atoms with Gasteiger partial charge in [0.2, 0.25) is 10.0 Å². The normalized spacial score (nSPS) is 18.1. The topological polar surface area (TPSA) is 89.2 Å². The van der Waals surface area contributed by atoms with Gasteiger partial charge in [-0.1, -0.05) is 29.2 Å². The van der Waals surface area contributed by atoms with Crippen LogP contribution in [0.1, 0.15) is 42.5 Å². The van der Waals surface area contributed by atoms with Crippen molar-refractivity contribution in [1.29, 1.82) is 0 Å². The molecular formula is C20H21ClN4O3S. The first-order valence-corrected chi connectivity index (χ1v) is 11.2. The molecule has 1 aliphatic heterocycles. The summed E-state index contributed by atoms with van der Waals surface area (Å²) in [5.41, 5.74) is 2.03. The average Bonchev–Trinajstić information content (AvgIpc) is 3.14. The molecule has 0 spiro atoms. The molecule has 1 aromatic carbocycles. The van der Waals surface area contributed by atoms with Gasteiger partial charge in [-0.05, 0) is 44.9 Å². The van der Waals surface area contributed by atoms with Crippen LogP contribution in [0.4, 0.5) is 0 Å². The van der Waals surface area contributed by atoms with E-state index in [-0.39, 0.29) is 4.90 Å². The molecule has 1 fully saturated rings. The van der Waals surface area contributed by atoms with E-state index in [1.165, 1.54) is 10.4 Å². The maximum Gasteiger partial charge on any atom is 0.243 e. The zero-order chi connectivity index (χ0) is 20.6. The molecule has 0 aliphatic carbocycles. The Labute approximate surface area is 174 Å². The van der Waals surface area contributed by atoms with Crippen molar-refractivity contribution in [3.05, 3.63) is 58.8 Å². The number of sulfonamides is 1. The first kappa shape index (κ1) is 20.0. The molecule has 1 saturated heterocycles. The molecule has 4 rings (SSSR count). The highest BCUT2D eigenvalue weighted by Gasteiger charge is 2.37. The van der Waals surface area contributed by atoms with Gasteiger partial charge in [0.25, 0.3) is 0 Å². The lowest BCUT2D eigenvalue weighted by atomic mass is 9.98. The first-order chi connectivity index (χ1) is 13.9.